The lowest BCUT2D eigenvalue weighted by Crippen LogP contribution is -2.35. The number of hydrogen-bond donors (Lipinski definition) is 0. The second kappa shape index (κ2) is 3.18. The van der Waals surface area contributed by atoms with E-state index in [1.54, 1.807) is 19.6 Å². The second-order valence-electron chi connectivity index (χ2n) is 3.00. The minimum atomic E-state index is -3.55. The van der Waals surface area contributed by atoms with E-state index in [2.05, 4.69) is 4.43 Å². The third kappa shape index (κ3) is 5.31. The Hall–Kier alpha value is 0.0269. The fourth-order valence-corrected chi connectivity index (χ4v) is 1.25. The molecule has 0 saturated carbocycles. The van der Waals surface area contributed by atoms with Gasteiger partial charge in [-0.1, -0.05) is 0 Å². The van der Waals surface area contributed by atoms with Gasteiger partial charge >= 0.3 is 10.8 Å². The van der Waals surface area contributed by atoms with Crippen molar-refractivity contribution in [2.75, 3.05) is 0 Å². The van der Waals surface area contributed by atoms with Crippen molar-refractivity contribution < 1.29 is 18.0 Å². The monoisotopic (exact) mass is 246 g/mol. The Morgan fingerprint density at radius 3 is 1.91 bits per heavy atom. The van der Waals surface area contributed by atoms with Gasteiger partial charge in [-0.2, -0.15) is 8.78 Å². The average Bonchev–Trinajstić information content (AvgIpc) is 1.56. The zero-order valence-electron chi connectivity index (χ0n) is 6.45. The summed E-state index contributed by atoms with van der Waals surface area (Å²) in [6.07, 6.45) is 0. The highest BCUT2D eigenvalue weighted by Gasteiger charge is 2.39. The predicted octanol–water partition coefficient (Wildman–Crippen LogP) is 2.35. The molecule has 0 aromatic heterocycles. The first-order chi connectivity index (χ1) is 4.63. The molecule has 0 aliphatic heterocycles. The van der Waals surface area contributed by atoms with Crippen LogP contribution >= 0.6 is 15.9 Å². The molecule has 0 spiro atoms. The number of hydrogen-bond acceptors (Lipinski definition) is 2. The van der Waals surface area contributed by atoms with Gasteiger partial charge in [-0.15, -0.1) is 0 Å². The molecule has 6 heteroatoms. The molecule has 0 aliphatic rings. The molecule has 0 bridgehead atoms. The lowest BCUT2D eigenvalue weighted by Gasteiger charge is -2.18. The maximum absolute atomic E-state index is 12.1. The highest BCUT2D eigenvalue weighted by atomic mass is 79.9. The molecular formula is C5H9BrF2O2Si. The van der Waals surface area contributed by atoms with E-state index in [-0.39, 0.29) is 0 Å². The van der Waals surface area contributed by atoms with Gasteiger partial charge in [0, 0.05) is 15.9 Å². The molecule has 0 rings (SSSR count). The quantitative estimate of drug-likeness (QED) is 0.553. The Labute approximate surface area is 73.2 Å². The topological polar surface area (TPSA) is 26.3 Å². The third-order valence-electron chi connectivity index (χ3n) is 0.630. The smallest absolute Gasteiger partial charge is 0.394 e. The van der Waals surface area contributed by atoms with Gasteiger partial charge in [0.25, 0.3) is 0 Å². The van der Waals surface area contributed by atoms with Crippen LogP contribution in [-0.4, -0.2) is 19.1 Å². The SMILES string of the molecule is C[Si](C)(C)OC(=O)C(F)(F)Br. The maximum Gasteiger partial charge on any atom is 0.394 e. The fraction of sp³-hybridized carbons (Fsp3) is 0.800. The van der Waals surface area contributed by atoms with Crippen LogP contribution in [-0.2, 0) is 9.22 Å². The summed E-state index contributed by atoms with van der Waals surface area (Å²) in [5.41, 5.74) is 0. The molecule has 0 fully saturated rings. The van der Waals surface area contributed by atoms with Crippen molar-refractivity contribution in [3.63, 3.8) is 0 Å². The van der Waals surface area contributed by atoms with E-state index in [0.717, 1.165) is 0 Å². The van der Waals surface area contributed by atoms with Crippen molar-refractivity contribution in [3.8, 4) is 0 Å². The van der Waals surface area contributed by atoms with Crippen LogP contribution in [0.1, 0.15) is 0 Å². The van der Waals surface area contributed by atoms with Gasteiger partial charge in [0.15, 0.2) is 0 Å². The molecule has 11 heavy (non-hydrogen) atoms. The molecule has 0 atom stereocenters. The zero-order chi connectivity index (χ0) is 9.28. The maximum atomic E-state index is 12.1. The van der Waals surface area contributed by atoms with Crippen molar-refractivity contribution in [3.05, 3.63) is 0 Å². The minimum Gasteiger partial charge on any atom is -0.515 e. The summed E-state index contributed by atoms with van der Waals surface area (Å²) in [5, 5.41) is 0. The summed E-state index contributed by atoms with van der Waals surface area (Å²) < 4.78 is 28.7. The Morgan fingerprint density at radius 2 is 1.82 bits per heavy atom. The number of carbonyl (C=O) groups excluding carboxylic acids is 1. The number of alkyl halides is 3. The van der Waals surface area contributed by atoms with Crippen LogP contribution in [0.2, 0.25) is 19.6 Å². The van der Waals surface area contributed by atoms with Gasteiger partial charge in [-0.3, -0.25) is 0 Å². The molecule has 0 heterocycles. The summed E-state index contributed by atoms with van der Waals surface area (Å²) >= 11 is 1.91. The number of carbonyl (C=O) groups is 1. The first-order valence-corrected chi connectivity index (χ1v) is 7.13. The molecule has 0 saturated heterocycles. The van der Waals surface area contributed by atoms with Crippen molar-refractivity contribution in [2.45, 2.75) is 24.5 Å². The van der Waals surface area contributed by atoms with E-state index in [4.69, 9.17) is 0 Å². The van der Waals surface area contributed by atoms with Crippen LogP contribution in [0.3, 0.4) is 0 Å². The molecule has 0 amide bonds. The van der Waals surface area contributed by atoms with Gasteiger partial charge in [0.05, 0.1) is 0 Å². The molecule has 0 radical (unpaired) electrons. The summed E-state index contributed by atoms with van der Waals surface area (Å²) in [7, 11) is -2.19. The molecule has 2 nitrogen and oxygen atoms in total. The highest BCUT2D eigenvalue weighted by Crippen LogP contribution is 2.24. The van der Waals surface area contributed by atoms with Crippen LogP contribution in [0.4, 0.5) is 8.78 Å². The van der Waals surface area contributed by atoms with E-state index in [9.17, 15) is 13.6 Å². The zero-order valence-corrected chi connectivity index (χ0v) is 9.04. The van der Waals surface area contributed by atoms with E-state index < -0.39 is 19.1 Å². The number of halogens is 3. The standard InChI is InChI=1S/C5H9BrF2O2Si/c1-11(2,3)10-4(9)5(6,7)8/h1-3H3. The van der Waals surface area contributed by atoms with Crippen LogP contribution in [0, 0.1) is 0 Å². The Kier molecular flexibility index (Phi) is 3.19. The molecule has 0 aliphatic carbocycles. The molecular weight excluding hydrogens is 238 g/mol. The van der Waals surface area contributed by atoms with Gasteiger partial charge in [-0.25, -0.2) is 4.79 Å². The first-order valence-electron chi connectivity index (χ1n) is 2.93. The van der Waals surface area contributed by atoms with Crippen LogP contribution in [0.5, 0.6) is 0 Å². The summed E-state index contributed by atoms with van der Waals surface area (Å²) in [6, 6.07) is 0. The lowest BCUT2D eigenvalue weighted by atomic mass is 10.7. The third-order valence-corrected chi connectivity index (χ3v) is 1.75. The number of rotatable bonds is 2. The van der Waals surface area contributed by atoms with Crippen molar-refractivity contribution in [2.24, 2.45) is 0 Å². The average molecular weight is 247 g/mol. The van der Waals surface area contributed by atoms with Crippen LogP contribution < -0.4 is 0 Å². The van der Waals surface area contributed by atoms with E-state index in [0.29, 0.717) is 0 Å². The second-order valence-corrected chi connectivity index (χ2v) is 8.42. The molecule has 0 aromatic carbocycles. The van der Waals surface area contributed by atoms with Crippen LogP contribution in [0.25, 0.3) is 0 Å². The molecule has 0 aromatic rings. The molecule has 66 valence electrons. The molecule has 0 N–H and O–H groups in total. The van der Waals surface area contributed by atoms with Gasteiger partial charge in [0.1, 0.15) is 0 Å². The fourth-order valence-electron chi connectivity index (χ4n) is 0.336. The highest BCUT2D eigenvalue weighted by molar-refractivity contribution is 9.10. The Bertz CT molecular complexity index is 161. The van der Waals surface area contributed by atoms with E-state index in [1.165, 1.54) is 0 Å². The first kappa shape index (κ1) is 11.0. The van der Waals surface area contributed by atoms with E-state index >= 15 is 0 Å². The van der Waals surface area contributed by atoms with Crippen molar-refractivity contribution in [1.29, 1.82) is 0 Å². The van der Waals surface area contributed by atoms with E-state index in [1.807, 2.05) is 15.9 Å². The van der Waals surface area contributed by atoms with Crippen molar-refractivity contribution >= 4 is 30.2 Å². The van der Waals surface area contributed by atoms with Crippen LogP contribution in [0.15, 0.2) is 0 Å². The summed E-state index contributed by atoms with van der Waals surface area (Å²) in [5.74, 6) is -1.50. The Morgan fingerprint density at radius 1 is 1.45 bits per heavy atom. The molecule has 0 unspecified atom stereocenters. The van der Waals surface area contributed by atoms with Crippen molar-refractivity contribution in [1.82, 2.24) is 0 Å². The summed E-state index contributed by atoms with van der Waals surface area (Å²) in [4.78, 5) is 6.95. The lowest BCUT2D eigenvalue weighted by molar-refractivity contribution is -0.150. The normalized spacial score (nSPS) is 12.9. The van der Waals surface area contributed by atoms with Gasteiger partial charge < -0.3 is 4.43 Å². The minimum absolute atomic E-state index is 1.50. The predicted molar refractivity (Wildman–Crippen MR) is 43.3 cm³/mol. The van der Waals surface area contributed by atoms with Gasteiger partial charge in [-0.05, 0) is 19.6 Å². The van der Waals surface area contributed by atoms with Gasteiger partial charge in [0.2, 0.25) is 8.32 Å². The largest absolute Gasteiger partial charge is 0.515 e. The Balaban J connectivity index is 4.11. The summed E-state index contributed by atoms with van der Waals surface area (Å²) in [6.45, 7) is 4.97.